The van der Waals surface area contributed by atoms with Gasteiger partial charge >= 0.3 is 0 Å². The van der Waals surface area contributed by atoms with E-state index in [1.165, 1.54) is 44.1 Å². The van der Waals surface area contributed by atoms with Crippen LogP contribution in [0.4, 0.5) is 0 Å². The molecule has 0 aliphatic carbocycles. The van der Waals surface area contributed by atoms with E-state index >= 15 is 0 Å². The Morgan fingerprint density at radius 3 is 2.80 bits per heavy atom. The summed E-state index contributed by atoms with van der Waals surface area (Å²) >= 11 is 0. The van der Waals surface area contributed by atoms with Crippen molar-refractivity contribution in [1.29, 1.82) is 0 Å². The first-order chi connectivity index (χ1) is 12.3. The van der Waals surface area contributed by atoms with Crippen molar-refractivity contribution in [2.45, 2.75) is 26.4 Å². The number of nitrogens with zero attached hydrogens (tertiary/aromatic N) is 1. The van der Waals surface area contributed by atoms with Crippen molar-refractivity contribution in [2.75, 3.05) is 6.54 Å². The highest BCUT2D eigenvalue weighted by Crippen LogP contribution is 2.31. The lowest BCUT2D eigenvalue weighted by Gasteiger charge is -2.18. The molecule has 0 radical (unpaired) electrons. The third-order valence-corrected chi connectivity index (χ3v) is 5.49. The van der Waals surface area contributed by atoms with Gasteiger partial charge in [-0.15, -0.1) is 0 Å². The number of benzene rings is 3. The van der Waals surface area contributed by atoms with E-state index in [-0.39, 0.29) is 0 Å². The van der Waals surface area contributed by atoms with Crippen LogP contribution in [0.5, 0.6) is 0 Å². The van der Waals surface area contributed by atoms with Crippen molar-refractivity contribution in [1.82, 2.24) is 9.88 Å². The number of rotatable bonds is 2. The molecule has 0 saturated carbocycles. The molecule has 0 bridgehead atoms. The van der Waals surface area contributed by atoms with Gasteiger partial charge in [0.25, 0.3) is 0 Å². The van der Waals surface area contributed by atoms with E-state index < -0.39 is 0 Å². The molecule has 5 rings (SSSR count). The summed E-state index contributed by atoms with van der Waals surface area (Å²) in [7, 11) is 0. The molecule has 0 saturated heterocycles. The van der Waals surface area contributed by atoms with E-state index in [1.807, 2.05) is 0 Å². The second kappa shape index (κ2) is 5.75. The fourth-order valence-corrected chi connectivity index (χ4v) is 4.27. The van der Waals surface area contributed by atoms with Crippen molar-refractivity contribution >= 4 is 21.7 Å². The molecule has 0 spiro atoms. The zero-order valence-electron chi connectivity index (χ0n) is 14.5. The number of nitrogens with one attached hydrogen (secondary N) is 1. The van der Waals surface area contributed by atoms with Gasteiger partial charge in [0.15, 0.2) is 0 Å². The lowest BCUT2D eigenvalue weighted by Crippen LogP contribution is -2.25. The summed E-state index contributed by atoms with van der Waals surface area (Å²) in [4.78, 5) is 0. The molecule has 1 aliphatic rings. The zero-order valence-corrected chi connectivity index (χ0v) is 14.5. The van der Waals surface area contributed by atoms with Crippen molar-refractivity contribution in [3.8, 4) is 0 Å². The Hall–Kier alpha value is -2.58. The fraction of sp³-hybridized carbons (Fsp3) is 0.217. The van der Waals surface area contributed by atoms with Gasteiger partial charge in [0.2, 0.25) is 0 Å². The smallest absolute Gasteiger partial charge is 0.0489 e. The van der Waals surface area contributed by atoms with Gasteiger partial charge in [-0.1, -0.05) is 54.1 Å². The zero-order chi connectivity index (χ0) is 16.8. The summed E-state index contributed by atoms with van der Waals surface area (Å²) in [5, 5.41) is 7.68. The summed E-state index contributed by atoms with van der Waals surface area (Å²) in [5.74, 6) is 0. The lowest BCUT2D eigenvalue weighted by atomic mass is 10.0. The highest BCUT2D eigenvalue weighted by atomic mass is 15.0. The minimum Gasteiger partial charge on any atom is -0.339 e. The van der Waals surface area contributed by atoms with Crippen LogP contribution in [-0.2, 0) is 19.5 Å². The molecule has 1 aromatic heterocycles. The first kappa shape index (κ1) is 14.7. The molecule has 1 aliphatic heterocycles. The molecular weight excluding hydrogens is 304 g/mol. The first-order valence-electron chi connectivity index (χ1n) is 9.09. The van der Waals surface area contributed by atoms with Crippen LogP contribution >= 0.6 is 0 Å². The van der Waals surface area contributed by atoms with Gasteiger partial charge in [0.1, 0.15) is 0 Å². The highest BCUT2D eigenvalue weighted by Gasteiger charge is 2.20. The Labute approximate surface area is 148 Å². The van der Waals surface area contributed by atoms with Crippen LogP contribution in [0, 0.1) is 6.92 Å². The maximum absolute atomic E-state index is 3.56. The number of hydrogen-bond donors (Lipinski definition) is 1. The maximum atomic E-state index is 3.56. The van der Waals surface area contributed by atoms with Gasteiger partial charge in [-0.3, -0.25) is 0 Å². The highest BCUT2D eigenvalue weighted by molar-refractivity contribution is 5.88. The van der Waals surface area contributed by atoms with E-state index in [9.17, 15) is 0 Å². The Morgan fingerprint density at radius 1 is 0.960 bits per heavy atom. The van der Waals surface area contributed by atoms with E-state index in [0.717, 1.165) is 26.1 Å². The van der Waals surface area contributed by atoms with Crippen molar-refractivity contribution in [3.63, 3.8) is 0 Å². The van der Waals surface area contributed by atoms with Gasteiger partial charge in [0, 0.05) is 29.7 Å². The largest absolute Gasteiger partial charge is 0.339 e. The normalized spacial score (nSPS) is 14.1. The Kier molecular flexibility index (Phi) is 3.39. The number of hydrogen-bond acceptors (Lipinski definition) is 1. The number of aryl methyl sites for hydroxylation is 1. The topological polar surface area (TPSA) is 17.0 Å². The first-order valence-corrected chi connectivity index (χ1v) is 9.09. The molecule has 124 valence electrons. The number of fused-ring (bicyclic) bond motifs is 4. The van der Waals surface area contributed by atoms with Gasteiger partial charge in [0.05, 0.1) is 0 Å². The SMILES string of the molecule is Cc1ccc2c(c1)c1c(n2Cc2cccc3ccccc23)CNCC1. The third-order valence-electron chi connectivity index (χ3n) is 5.49. The molecule has 2 nitrogen and oxygen atoms in total. The Morgan fingerprint density at radius 2 is 1.84 bits per heavy atom. The van der Waals surface area contributed by atoms with Gasteiger partial charge in [-0.2, -0.15) is 0 Å². The van der Waals surface area contributed by atoms with Gasteiger partial charge in [-0.05, 0) is 53.9 Å². The molecule has 0 amide bonds. The molecule has 3 aromatic carbocycles. The number of aromatic nitrogens is 1. The summed E-state index contributed by atoms with van der Waals surface area (Å²) < 4.78 is 2.53. The van der Waals surface area contributed by atoms with Crippen LogP contribution in [0.2, 0.25) is 0 Å². The van der Waals surface area contributed by atoms with E-state index in [4.69, 9.17) is 0 Å². The Bertz CT molecular complexity index is 1080. The predicted molar refractivity (Wildman–Crippen MR) is 105 cm³/mol. The molecule has 1 N–H and O–H groups in total. The summed E-state index contributed by atoms with van der Waals surface area (Å²) in [6.45, 7) is 5.16. The lowest BCUT2D eigenvalue weighted by molar-refractivity contribution is 0.603. The van der Waals surface area contributed by atoms with Crippen LogP contribution < -0.4 is 5.32 Å². The van der Waals surface area contributed by atoms with Crippen LogP contribution in [0.1, 0.15) is 22.4 Å². The van der Waals surface area contributed by atoms with Gasteiger partial charge < -0.3 is 9.88 Å². The molecule has 2 heteroatoms. The van der Waals surface area contributed by atoms with E-state index in [2.05, 4.69) is 77.5 Å². The van der Waals surface area contributed by atoms with Gasteiger partial charge in [-0.25, -0.2) is 0 Å². The van der Waals surface area contributed by atoms with Crippen molar-refractivity contribution in [2.24, 2.45) is 0 Å². The molecular formula is C23H22N2. The minimum absolute atomic E-state index is 0.928. The standard InChI is InChI=1S/C23H22N2/c1-16-9-10-22-21(13-16)20-11-12-24-14-23(20)25(22)15-18-7-4-6-17-5-2-3-8-19(17)18/h2-10,13,24H,11-12,14-15H2,1H3. The van der Waals surface area contributed by atoms with E-state index in [1.54, 1.807) is 0 Å². The molecule has 4 aromatic rings. The van der Waals surface area contributed by atoms with E-state index in [0.29, 0.717) is 0 Å². The molecule has 0 fully saturated rings. The summed E-state index contributed by atoms with van der Waals surface area (Å²) in [5.41, 5.74) is 7.10. The summed E-state index contributed by atoms with van der Waals surface area (Å²) in [6.07, 6.45) is 1.12. The molecule has 0 atom stereocenters. The summed E-state index contributed by atoms with van der Waals surface area (Å²) in [6, 6.07) is 22.2. The monoisotopic (exact) mass is 326 g/mol. The van der Waals surface area contributed by atoms with Crippen LogP contribution in [0.25, 0.3) is 21.7 Å². The molecule has 25 heavy (non-hydrogen) atoms. The van der Waals surface area contributed by atoms with Crippen LogP contribution in [0.15, 0.2) is 60.7 Å². The predicted octanol–water partition coefficient (Wildman–Crippen LogP) is 4.80. The molecule has 2 heterocycles. The second-order valence-corrected chi connectivity index (χ2v) is 7.10. The fourth-order valence-electron chi connectivity index (χ4n) is 4.27. The van der Waals surface area contributed by atoms with Crippen molar-refractivity contribution in [3.05, 3.63) is 83.0 Å². The maximum Gasteiger partial charge on any atom is 0.0489 e. The molecule has 0 unspecified atom stereocenters. The second-order valence-electron chi connectivity index (χ2n) is 7.10. The van der Waals surface area contributed by atoms with Crippen LogP contribution in [0.3, 0.4) is 0 Å². The minimum atomic E-state index is 0.928. The average molecular weight is 326 g/mol. The quantitative estimate of drug-likeness (QED) is 0.560. The third kappa shape index (κ3) is 2.37. The average Bonchev–Trinajstić information content (AvgIpc) is 2.95. The van der Waals surface area contributed by atoms with Crippen LogP contribution in [-0.4, -0.2) is 11.1 Å². The van der Waals surface area contributed by atoms with Crippen molar-refractivity contribution < 1.29 is 0 Å². The Balaban J connectivity index is 1.73.